The number of aromatic hydroxyl groups is 1. The van der Waals surface area contributed by atoms with Gasteiger partial charge in [0.1, 0.15) is 0 Å². The fourth-order valence-electron chi connectivity index (χ4n) is 4.68. The summed E-state index contributed by atoms with van der Waals surface area (Å²) in [6.07, 6.45) is 32.9. The molecular formula is C44H54N2O8. The standard InChI is InChI=1S/C44H54N2O8/c1-4-5-6-7-8-9-10-11-12-13-14-15-16-17-18-19-20-21-43(50)45-30-31-46-44(51)54-40-29-25-36(33-42(40)53-3)23-27-38(48)34-37(47)26-22-35-24-28-39(49)41(32-35)52-2/h5-6,8-9,11-12,14-15,17-18,22-29,32-33,49H,4,7,10,13,16,19-21,30-31,34H2,1-3H3,(H,45,50)(H,46,51)/b6-5-,9-8-,12-11-,15-14-,18-17-,26-22+,27-23+. The number of phenolic OH excluding ortho intramolecular Hbond substituents is 1. The molecule has 0 aromatic heterocycles. The lowest BCUT2D eigenvalue weighted by Crippen LogP contribution is -2.36. The zero-order valence-corrected chi connectivity index (χ0v) is 31.6. The van der Waals surface area contributed by atoms with E-state index in [4.69, 9.17) is 14.2 Å². The Morgan fingerprint density at radius 1 is 0.648 bits per heavy atom. The molecule has 0 aliphatic heterocycles. The number of allylic oxidation sites excluding steroid dienone is 12. The molecular weight excluding hydrogens is 684 g/mol. The first-order valence-corrected chi connectivity index (χ1v) is 18.2. The van der Waals surface area contributed by atoms with Gasteiger partial charge in [-0.25, -0.2) is 4.79 Å². The second-order valence-electron chi connectivity index (χ2n) is 11.9. The molecule has 2 aromatic carbocycles. The normalized spacial score (nSPS) is 11.9. The van der Waals surface area contributed by atoms with Crippen molar-refractivity contribution in [2.75, 3.05) is 27.3 Å². The van der Waals surface area contributed by atoms with Gasteiger partial charge in [-0.3, -0.25) is 14.4 Å². The summed E-state index contributed by atoms with van der Waals surface area (Å²) >= 11 is 0. The van der Waals surface area contributed by atoms with Crippen LogP contribution in [0.3, 0.4) is 0 Å². The molecule has 2 aromatic rings. The predicted octanol–water partition coefficient (Wildman–Crippen LogP) is 8.79. The SMILES string of the molecule is CC/C=C\C/C=C\C/C=C\C/C=C\C/C=C\CCCC(=O)NCCNC(=O)Oc1ccc(/C=C/C(=O)CC(=O)/C=C/c2ccc(O)c(OC)c2)cc1OC. The van der Waals surface area contributed by atoms with Gasteiger partial charge >= 0.3 is 6.09 Å². The fraction of sp³-hybridized carbons (Fsp3) is 0.318. The van der Waals surface area contributed by atoms with Gasteiger partial charge in [-0.2, -0.15) is 0 Å². The van der Waals surface area contributed by atoms with Crippen molar-refractivity contribution in [1.29, 1.82) is 0 Å². The van der Waals surface area contributed by atoms with E-state index in [1.54, 1.807) is 24.3 Å². The number of hydrogen-bond acceptors (Lipinski definition) is 8. The summed E-state index contributed by atoms with van der Waals surface area (Å²) in [4.78, 5) is 49.1. The number of rotatable bonds is 25. The number of ether oxygens (including phenoxy) is 3. The third kappa shape index (κ3) is 20.2. The van der Waals surface area contributed by atoms with Crippen LogP contribution in [0.4, 0.5) is 4.79 Å². The number of hydrogen-bond donors (Lipinski definition) is 3. The van der Waals surface area contributed by atoms with E-state index >= 15 is 0 Å². The topological polar surface area (TPSA) is 140 Å². The van der Waals surface area contributed by atoms with Crippen molar-refractivity contribution >= 4 is 35.7 Å². The number of benzene rings is 2. The van der Waals surface area contributed by atoms with Crippen molar-refractivity contribution in [2.24, 2.45) is 0 Å². The van der Waals surface area contributed by atoms with E-state index in [-0.39, 0.29) is 54.2 Å². The number of carbonyl (C=O) groups is 4. The van der Waals surface area contributed by atoms with Crippen LogP contribution in [0.25, 0.3) is 12.2 Å². The Balaban J connectivity index is 1.61. The maximum absolute atomic E-state index is 12.4. The molecule has 3 N–H and O–H groups in total. The molecule has 0 spiro atoms. The second-order valence-corrected chi connectivity index (χ2v) is 11.9. The van der Waals surface area contributed by atoms with Gasteiger partial charge in [-0.1, -0.05) is 92.0 Å². The van der Waals surface area contributed by atoms with Gasteiger partial charge in [-0.15, -0.1) is 0 Å². The molecule has 54 heavy (non-hydrogen) atoms. The smallest absolute Gasteiger partial charge is 0.412 e. The third-order valence-electron chi connectivity index (χ3n) is 7.51. The summed E-state index contributed by atoms with van der Waals surface area (Å²) < 4.78 is 15.7. The molecule has 0 fully saturated rings. The molecule has 10 nitrogen and oxygen atoms in total. The average molecular weight is 739 g/mol. The maximum atomic E-state index is 12.4. The summed E-state index contributed by atoms with van der Waals surface area (Å²) in [5.74, 6) is -0.176. The van der Waals surface area contributed by atoms with Crippen LogP contribution in [0.2, 0.25) is 0 Å². The van der Waals surface area contributed by atoms with E-state index in [1.807, 2.05) is 0 Å². The Morgan fingerprint density at radius 3 is 1.74 bits per heavy atom. The molecule has 0 saturated heterocycles. The molecule has 0 heterocycles. The Morgan fingerprint density at radius 2 is 1.17 bits per heavy atom. The maximum Gasteiger partial charge on any atom is 0.412 e. The Kier molecular flexibility index (Phi) is 22.7. The highest BCUT2D eigenvalue weighted by Gasteiger charge is 2.11. The van der Waals surface area contributed by atoms with Crippen molar-refractivity contribution in [3.63, 3.8) is 0 Å². The van der Waals surface area contributed by atoms with Crippen LogP contribution in [0.15, 0.2) is 109 Å². The lowest BCUT2D eigenvalue weighted by Gasteiger charge is -2.11. The van der Waals surface area contributed by atoms with Crippen LogP contribution >= 0.6 is 0 Å². The minimum absolute atomic E-state index is 0.0156. The van der Waals surface area contributed by atoms with E-state index in [0.717, 1.165) is 44.9 Å². The average Bonchev–Trinajstić information content (AvgIpc) is 3.17. The van der Waals surface area contributed by atoms with Crippen LogP contribution in [0.5, 0.6) is 23.0 Å². The zero-order valence-electron chi connectivity index (χ0n) is 31.6. The van der Waals surface area contributed by atoms with Gasteiger partial charge in [0.15, 0.2) is 34.6 Å². The Labute approximate surface area is 319 Å². The number of ketones is 2. The molecule has 2 rings (SSSR count). The van der Waals surface area contributed by atoms with E-state index in [9.17, 15) is 24.3 Å². The molecule has 0 saturated carbocycles. The summed E-state index contributed by atoms with van der Waals surface area (Å²) in [6, 6.07) is 9.39. The van der Waals surface area contributed by atoms with Crippen molar-refractivity contribution in [2.45, 2.75) is 64.7 Å². The Hall–Kier alpha value is -5.90. The first-order chi connectivity index (χ1) is 26.2. The number of phenols is 1. The monoisotopic (exact) mass is 738 g/mol. The minimum atomic E-state index is -0.711. The van der Waals surface area contributed by atoms with Gasteiger partial charge in [0.2, 0.25) is 5.91 Å². The van der Waals surface area contributed by atoms with Gasteiger partial charge in [0.05, 0.1) is 20.6 Å². The lowest BCUT2D eigenvalue weighted by atomic mass is 10.1. The first kappa shape index (κ1) is 44.3. The van der Waals surface area contributed by atoms with Gasteiger partial charge < -0.3 is 30.0 Å². The Bertz CT molecular complexity index is 1700. The van der Waals surface area contributed by atoms with Gasteiger partial charge in [0.25, 0.3) is 0 Å². The summed E-state index contributed by atoms with van der Waals surface area (Å²) in [5.41, 5.74) is 1.23. The largest absolute Gasteiger partial charge is 0.504 e. The zero-order chi connectivity index (χ0) is 39.2. The molecule has 0 radical (unpaired) electrons. The number of amides is 2. The van der Waals surface area contributed by atoms with Gasteiger partial charge in [-0.05, 0) is 92.5 Å². The van der Waals surface area contributed by atoms with Crippen LogP contribution < -0.4 is 24.8 Å². The highest BCUT2D eigenvalue weighted by Crippen LogP contribution is 2.29. The number of methoxy groups -OCH3 is 2. The van der Waals surface area contributed by atoms with Crippen molar-refractivity contribution in [3.05, 3.63) is 120 Å². The van der Waals surface area contributed by atoms with Crippen LogP contribution in [0, 0.1) is 0 Å². The van der Waals surface area contributed by atoms with E-state index in [1.165, 1.54) is 50.7 Å². The van der Waals surface area contributed by atoms with Crippen molar-refractivity contribution in [3.8, 4) is 23.0 Å². The molecule has 0 atom stereocenters. The second kappa shape index (κ2) is 27.7. The van der Waals surface area contributed by atoms with Gasteiger partial charge in [0, 0.05) is 19.5 Å². The van der Waals surface area contributed by atoms with Crippen molar-refractivity contribution < 1.29 is 38.5 Å². The number of unbranched alkanes of at least 4 members (excludes halogenated alkanes) is 1. The molecule has 0 aliphatic rings. The summed E-state index contributed by atoms with van der Waals surface area (Å²) in [5, 5.41) is 15.1. The fourth-order valence-corrected chi connectivity index (χ4v) is 4.68. The summed E-state index contributed by atoms with van der Waals surface area (Å²) in [6.45, 7) is 2.57. The molecule has 0 unspecified atom stereocenters. The van der Waals surface area contributed by atoms with Crippen LogP contribution in [-0.2, 0) is 14.4 Å². The van der Waals surface area contributed by atoms with Crippen LogP contribution in [-0.4, -0.2) is 56.0 Å². The third-order valence-corrected chi connectivity index (χ3v) is 7.51. The van der Waals surface area contributed by atoms with Crippen LogP contribution in [0.1, 0.15) is 75.8 Å². The molecule has 2 amide bonds. The van der Waals surface area contributed by atoms with E-state index < -0.39 is 11.9 Å². The quantitative estimate of drug-likeness (QED) is 0.0398. The molecule has 10 heteroatoms. The first-order valence-electron chi connectivity index (χ1n) is 18.2. The van der Waals surface area contributed by atoms with Crippen molar-refractivity contribution in [1.82, 2.24) is 10.6 Å². The number of carbonyl (C=O) groups excluding carboxylic acids is 4. The predicted molar refractivity (Wildman–Crippen MR) is 216 cm³/mol. The van der Waals surface area contributed by atoms with E-state index in [0.29, 0.717) is 17.5 Å². The highest BCUT2D eigenvalue weighted by atomic mass is 16.6. The molecule has 288 valence electrons. The minimum Gasteiger partial charge on any atom is -0.504 e. The highest BCUT2D eigenvalue weighted by molar-refractivity contribution is 6.10. The van der Waals surface area contributed by atoms with E-state index in [2.05, 4.69) is 78.3 Å². The molecule has 0 aliphatic carbocycles. The summed E-state index contributed by atoms with van der Waals surface area (Å²) in [7, 11) is 2.85. The number of nitrogens with one attached hydrogen (secondary N) is 2. The lowest BCUT2D eigenvalue weighted by molar-refractivity contribution is -0.122. The molecule has 0 bridgehead atoms.